The summed E-state index contributed by atoms with van der Waals surface area (Å²) in [6, 6.07) is 0.840. The lowest BCUT2D eigenvalue weighted by Crippen LogP contribution is -2.34. The van der Waals surface area contributed by atoms with Gasteiger partial charge >= 0.3 is 0 Å². The molecule has 0 aromatic carbocycles. The predicted molar refractivity (Wildman–Crippen MR) is 70.6 cm³/mol. The zero-order chi connectivity index (χ0) is 11.2. The smallest absolute Gasteiger partial charge is 0.00696 e. The zero-order valence-electron chi connectivity index (χ0n) is 11.0. The molecular formula is C15H29N. The molecule has 0 heterocycles. The summed E-state index contributed by atoms with van der Waals surface area (Å²) in [5, 5.41) is 3.78. The highest BCUT2D eigenvalue weighted by atomic mass is 14.9. The van der Waals surface area contributed by atoms with Crippen LogP contribution in [0, 0.1) is 11.8 Å². The van der Waals surface area contributed by atoms with Crippen LogP contribution in [0.4, 0.5) is 0 Å². The number of hydrogen-bond acceptors (Lipinski definition) is 1. The third kappa shape index (κ3) is 4.08. The van der Waals surface area contributed by atoms with Crippen molar-refractivity contribution in [3.63, 3.8) is 0 Å². The Balaban J connectivity index is 1.50. The third-order valence-corrected chi connectivity index (χ3v) is 4.63. The molecule has 0 amide bonds. The first-order valence-electron chi connectivity index (χ1n) is 7.58. The fraction of sp³-hybridized carbons (Fsp3) is 1.00. The summed E-state index contributed by atoms with van der Waals surface area (Å²) in [7, 11) is 0. The lowest BCUT2D eigenvalue weighted by molar-refractivity contribution is 0.298. The highest BCUT2D eigenvalue weighted by molar-refractivity contribution is 4.76. The maximum atomic E-state index is 3.78. The highest BCUT2D eigenvalue weighted by Crippen LogP contribution is 2.28. The van der Waals surface area contributed by atoms with Crippen LogP contribution in [0.3, 0.4) is 0 Å². The Kier molecular flexibility index (Phi) is 5.15. The first kappa shape index (κ1) is 12.4. The van der Waals surface area contributed by atoms with Crippen LogP contribution in [0.25, 0.3) is 0 Å². The van der Waals surface area contributed by atoms with Crippen molar-refractivity contribution in [1.82, 2.24) is 5.32 Å². The lowest BCUT2D eigenvalue weighted by atomic mass is 9.87. The minimum absolute atomic E-state index is 0.840. The standard InChI is InChI=1S/C15H29N/c1-13-6-4-10-15(12-13)16-11-5-9-14-7-2-3-8-14/h13-16H,2-12H2,1H3. The minimum Gasteiger partial charge on any atom is -0.314 e. The number of nitrogens with one attached hydrogen (secondary N) is 1. The van der Waals surface area contributed by atoms with Crippen molar-refractivity contribution in [3.8, 4) is 0 Å². The summed E-state index contributed by atoms with van der Waals surface area (Å²) in [6.07, 6.45) is 14.7. The molecule has 2 atom stereocenters. The summed E-state index contributed by atoms with van der Waals surface area (Å²) in [5.74, 6) is 2.04. The molecule has 0 spiro atoms. The molecule has 16 heavy (non-hydrogen) atoms. The Bertz CT molecular complexity index is 184. The summed E-state index contributed by atoms with van der Waals surface area (Å²) in [4.78, 5) is 0. The summed E-state index contributed by atoms with van der Waals surface area (Å²) in [5.41, 5.74) is 0. The van der Waals surface area contributed by atoms with Crippen LogP contribution in [0.5, 0.6) is 0 Å². The lowest BCUT2D eigenvalue weighted by Gasteiger charge is -2.27. The van der Waals surface area contributed by atoms with Gasteiger partial charge in [0.25, 0.3) is 0 Å². The van der Waals surface area contributed by atoms with Gasteiger partial charge in [0.15, 0.2) is 0 Å². The van der Waals surface area contributed by atoms with Gasteiger partial charge < -0.3 is 5.32 Å². The second kappa shape index (κ2) is 6.64. The molecule has 2 aliphatic carbocycles. The van der Waals surface area contributed by atoms with Crippen LogP contribution >= 0.6 is 0 Å². The van der Waals surface area contributed by atoms with E-state index in [9.17, 15) is 0 Å². The van der Waals surface area contributed by atoms with Gasteiger partial charge in [-0.05, 0) is 44.1 Å². The Labute approximate surface area is 101 Å². The Morgan fingerprint density at radius 1 is 1.00 bits per heavy atom. The molecule has 1 nitrogen and oxygen atoms in total. The third-order valence-electron chi connectivity index (χ3n) is 4.63. The van der Waals surface area contributed by atoms with Crippen LogP contribution in [-0.4, -0.2) is 12.6 Å². The Morgan fingerprint density at radius 3 is 2.56 bits per heavy atom. The summed E-state index contributed by atoms with van der Waals surface area (Å²) >= 11 is 0. The molecule has 1 N–H and O–H groups in total. The van der Waals surface area contributed by atoms with Gasteiger partial charge in [0.1, 0.15) is 0 Å². The van der Waals surface area contributed by atoms with Crippen molar-refractivity contribution >= 4 is 0 Å². The zero-order valence-corrected chi connectivity index (χ0v) is 11.0. The number of rotatable bonds is 5. The van der Waals surface area contributed by atoms with E-state index in [0.717, 1.165) is 17.9 Å². The van der Waals surface area contributed by atoms with Crippen molar-refractivity contribution in [2.75, 3.05) is 6.54 Å². The first-order chi connectivity index (χ1) is 7.84. The molecular weight excluding hydrogens is 194 g/mol. The van der Waals surface area contributed by atoms with Gasteiger partial charge in [-0.1, -0.05) is 45.4 Å². The van der Waals surface area contributed by atoms with Gasteiger partial charge in [0.05, 0.1) is 0 Å². The largest absolute Gasteiger partial charge is 0.314 e. The van der Waals surface area contributed by atoms with Gasteiger partial charge in [-0.3, -0.25) is 0 Å². The predicted octanol–water partition coefficient (Wildman–Crippen LogP) is 4.13. The average Bonchev–Trinajstić information content (AvgIpc) is 2.77. The average molecular weight is 223 g/mol. The van der Waals surface area contributed by atoms with E-state index < -0.39 is 0 Å². The molecule has 0 bridgehead atoms. The SMILES string of the molecule is CC1CCCC(NCCCC2CCCC2)C1. The molecule has 2 aliphatic rings. The van der Waals surface area contributed by atoms with Gasteiger partial charge in [-0.2, -0.15) is 0 Å². The normalized spacial score (nSPS) is 32.1. The van der Waals surface area contributed by atoms with E-state index in [2.05, 4.69) is 12.2 Å². The molecule has 2 rings (SSSR count). The molecule has 2 fully saturated rings. The van der Waals surface area contributed by atoms with Gasteiger partial charge in [0, 0.05) is 6.04 Å². The van der Waals surface area contributed by atoms with Crippen LogP contribution in [0.15, 0.2) is 0 Å². The Hall–Kier alpha value is -0.0400. The van der Waals surface area contributed by atoms with Crippen molar-refractivity contribution in [2.24, 2.45) is 11.8 Å². The van der Waals surface area contributed by atoms with Crippen LogP contribution in [0.1, 0.15) is 71.1 Å². The van der Waals surface area contributed by atoms with E-state index in [1.165, 1.54) is 70.8 Å². The fourth-order valence-corrected chi connectivity index (χ4v) is 3.62. The van der Waals surface area contributed by atoms with E-state index in [0.29, 0.717) is 0 Å². The van der Waals surface area contributed by atoms with Crippen LogP contribution < -0.4 is 5.32 Å². The van der Waals surface area contributed by atoms with Gasteiger partial charge in [0.2, 0.25) is 0 Å². The van der Waals surface area contributed by atoms with Crippen molar-refractivity contribution in [1.29, 1.82) is 0 Å². The summed E-state index contributed by atoms with van der Waals surface area (Å²) in [6.45, 7) is 3.68. The molecule has 2 unspecified atom stereocenters. The first-order valence-corrected chi connectivity index (χ1v) is 7.58. The highest BCUT2D eigenvalue weighted by Gasteiger charge is 2.18. The monoisotopic (exact) mass is 223 g/mol. The van der Waals surface area contributed by atoms with Gasteiger partial charge in [-0.25, -0.2) is 0 Å². The molecule has 94 valence electrons. The molecule has 1 heteroatoms. The number of hydrogen-bond donors (Lipinski definition) is 1. The quantitative estimate of drug-likeness (QED) is 0.691. The minimum atomic E-state index is 0.840. The molecule has 2 saturated carbocycles. The second-order valence-corrected chi connectivity index (χ2v) is 6.22. The van der Waals surface area contributed by atoms with E-state index in [1.807, 2.05) is 0 Å². The molecule has 0 saturated heterocycles. The summed E-state index contributed by atoms with van der Waals surface area (Å²) < 4.78 is 0. The maximum absolute atomic E-state index is 3.78. The maximum Gasteiger partial charge on any atom is 0.00696 e. The fourth-order valence-electron chi connectivity index (χ4n) is 3.62. The topological polar surface area (TPSA) is 12.0 Å². The van der Waals surface area contributed by atoms with Crippen LogP contribution in [0.2, 0.25) is 0 Å². The van der Waals surface area contributed by atoms with E-state index >= 15 is 0 Å². The van der Waals surface area contributed by atoms with Gasteiger partial charge in [-0.15, -0.1) is 0 Å². The van der Waals surface area contributed by atoms with E-state index in [4.69, 9.17) is 0 Å². The van der Waals surface area contributed by atoms with E-state index in [-0.39, 0.29) is 0 Å². The van der Waals surface area contributed by atoms with E-state index in [1.54, 1.807) is 0 Å². The van der Waals surface area contributed by atoms with Crippen molar-refractivity contribution < 1.29 is 0 Å². The van der Waals surface area contributed by atoms with Crippen molar-refractivity contribution in [2.45, 2.75) is 77.2 Å². The molecule has 0 radical (unpaired) electrons. The molecule has 0 aliphatic heterocycles. The van der Waals surface area contributed by atoms with Crippen molar-refractivity contribution in [3.05, 3.63) is 0 Å². The second-order valence-electron chi connectivity index (χ2n) is 6.22. The van der Waals surface area contributed by atoms with Crippen LogP contribution in [-0.2, 0) is 0 Å². The molecule has 0 aromatic heterocycles. The molecule has 0 aromatic rings. The Morgan fingerprint density at radius 2 is 1.81 bits per heavy atom.